The number of rotatable bonds is 2. The number of carboxylic acids is 1. The normalized spacial score (nSPS) is 19.8. The molecular formula is C7H11NO2S. The van der Waals surface area contributed by atoms with E-state index in [0.29, 0.717) is 0 Å². The molecule has 1 fully saturated rings. The summed E-state index contributed by atoms with van der Waals surface area (Å²) in [4.78, 5) is 12.5. The molecule has 62 valence electrons. The van der Waals surface area contributed by atoms with E-state index in [1.807, 2.05) is 4.90 Å². The Morgan fingerprint density at radius 3 is 2.45 bits per heavy atom. The van der Waals surface area contributed by atoms with Gasteiger partial charge >= 0.3 is 5.97 Å². The van der Waals surface area contributed by atoms with Crippen molar-refractivity contribution in [1.82, 2.24) is 4.90 Å². The van der Waals surface area contributed by atoms with Crippen molar-refractivity contribution in [1.29, 1.82) is 0 Å². The summed E-state index contributed by atoms with van der Waals surface area (Å²) in [5, 5.41) is 8.64. The number of hydrogen-bond donors (Lipinski definition) is 1. The Hall–Kier alpha value is -0.640. The van der Waals surface area contributed by atoms with Crippen LogP contribution >= 0.6 is 12.2 Å². The summed E-state index contributed by atoms with van der Waals surface area (Å²) in [7, 11) is 0. The van der Waals surface area contributed by atoms with Gasteiger partial charge in [0.15, 0.2) is 0 Å². The maximum atomic E-state index is 10.5. The van der Waals surface area contributed by atoms with Gasteiger partial charge < -0.3 is 10.0 Å². The van der Waals surface area contributed by atoms with Gasteiger partial charge in [0.2, 0.25) is 0 Å². The average molecular weight is 173 g/mol. The summed E-state index contributed by atoms with van der Waals surface area (Å²) in [6.07, 6.45) is 1.45. The minimum absolute atomic E-state index is 0.152. The van der Waals surface area contributed by atoms with Gasteiger partial charge in [-0.2, -0.15) is 0 Å². The fraction of sp³-hybridized carbons (Fsp3) is 0.714. The second-order valence-corrected chi connectivity index (χ2v) is 2.96. The van der Waals surface area contributed by atoms with Crippen LogP contribution in [-0.4, -0.2) is 34.6 Å². The topological polar surface area (TPSA) is 40.5 Å². The highest BCUT2D eigenvalue weighted by atomic mass is 32.1. The van der Waals surface area contributed by atoms with Crippen molar-refractivity contribution in [3.63, 3.8) is 0 Å². The molecule has 0 atom stereocenters. The van der Waals surface area contributed by atoms with Crippen LogP contribution in [0.5, 0.6) is 0 Å². The summed E-state index contributed by atoms with van der Waals surface area (Å²) in [6.45, 7) is 1.58. The molecule has 0 radical (unpaired) electrons. The van der Waals surface area contributed by atoms with Crippen LogP contribution in [0.1, 0.15) is 12.8 Å². The first-order chi connectivity index (χ1) is 5.24. The molecule has 11 heavy (non-hydrogen) atoms. The molecule has 0 amide bonds. The molecule has 0 bridgehead atoms. The molecule has 3 nitrogen and oxygen atoms in total. The smallest absolute Gasteiger partial charge is 0.306 e. The maximum Gasteiger partial charge on any atom is 0.306 e. The monoisotopic (exact) mass is 173 g/mol. The van der Waals surface area contributed by atoms with Crippen LogP contribution in [0.4, 0.5) is 0 Å². The highest BCUT2D eigenvalue weighted by Gasteiger charge is 2.22. The summed E-state index contributed by atoms with van der Waals surface area (Å²) in [6, 6.07) is 0. The van der Waals surface area contributed by atoms with Crippen LogP contribution in [-0.2, 0) is 4.79 Å². The molecule has 0 aromatic carbocycles. The third-order valence-corrected chi connectivity index (χ3v) is 2.33. The zero-order valence-corrected chi connectivity index (χ0v) is 7.01. The first-order valence-corrected chi connectivity index (χ1v) is 4.13. The van der Waals surface area contributed by atoms with Gasteiger partial charge in [0.1, 0.15) is 0 Å². The average Bonchev–Trinajstić information content (AvgIpc) is 2.05. The number of carbonyl (C=O) groups is 1. The van der Waals surface area contributed by atoms with Gasteiger partial charge in [-0.05, 0) is 12.8 Å². The summed E-state index contributed by atoms with van der Waals surface area (Å²) in [5.74, 6) is -0.824. The molecule has 1 N–H and O–H groups in total. The minimum atomic E-state index is -0.672. The molecule has 1 aliphatic rings. The largest absolute Gasteiger partial charge is 0.481 e. The van der Waals surface area contributed by atoms with Gasteiger partial charge in [-0.3, -0.25) is 4.79 Å². The SMILES string of the molecule is O=C(O)C1CCN(C=S)CC1. The van der Waals surface area contributed by atoms with Gasteiger partial charge in [-0.1, -0.05) is 12.2 Å². The number of piperidine rings is 1. The van der Waals surface area contributed by atoms with E-state index in [4.69, 9.17) is 17.3 Å². The molecule has 1 heterocycles. The fourth-order valence-corrected chi connectivity index (χ4v) is 1.46. The molecule has 1 saturated heterocycles. The van der Waals surface area contributed by atoms with Crippen LogP contribution < -0.4 is 0 Å². The number of hydrogen-bond acceptors (Lipinski definition) is 2. The molecule has 0 saturated carbocycles. The van der Waals surface area contributed by atoms with Crippen molar-refractivity contribution in [3.8, 4) is 0 Å². The van der Waals surface area contributed by atoms with Crippen molar-refractivity contribution in [3.05, 3.63) is 0 Å². The van der Waals surface area contributed by atoms with Crippen molar-refractivity contribution in [2.75, 3.05) is 13.1 Å². The van der Waals surface area contributed by atoms with E-state index in [0.717, 1.165) is 25.9 Å². The maximum absolute atomic E-state index is 10.5. The van der Waals surface area contributed by atoms with Crippen LogP contribution in [0, 0.1) is 5.92 Å². The van der Waals surface area contributed by atoms with Crippen molar-refractivity contribution >= 4 is 23.7 Å². The highest BCUT2D eigenvalue weighted by molar-refractivity contribution is 7.78. The molecule has 0 aromatic rings. The van der Waals surface area contributed by atoms with E-state index < -0.39 is 5.97 Å². The number of carboxylic acid groups (broad SMARTS) is 1. The van der Waals surface area contributed by atoms with Gasteiger partial charge in [-0.15, -0.1) is 0 Å². The first kappa shape index (κ1) is 8.46. The molecule has 1 aliphatic heterocycles. The number of nitrogens with zero attached hydrogens (tertiary/aromatic N) is 1. The van der Waals surface area contributed by atoms with E-state index in [-0.39, 0.29) is 5.92 Å². The van der Waals surface area contributed by atoms with Crippen LogP contribution in [0.15, 0.2) is 0 Å². The van der Waals surface area contributed by atoms with Crippen molar-refractivity contribution in [2.45, 2.75) is 12.8 Å². The van der Waals surface area contributed by atoms with E-state index in [9.17, 15) is 4.79 Å². The lowest BCUT2D eigenvalue weighted by molar-refractivity contribution is -0.142. The van der Waals surface area contributed by atoms with E-state index in [1.54, 1.807) is 5.49 Å². The van der Waals surface area contributed by atoms with Crippen molar-refractivity contribution < 1.29 is 9.90 Å². The zero-order valence-electron chi connectivity index (χ0n) is 6.19. The van der Waals surface area contributed by atoms with Crippen LogP contribution in [0.2, 0.25) is 0 Å². The molecule has 1 rings (SSSR count). The lowest BCUT2D eigenvalue weighted by Gasteiger charge is -2.27. The summed E-state index contributed by atoms with van der Waals surface area (Å²) < 4.78 is 0. The highest BCUT2D eigenvalue weighted by Crippen LogP contribution is 2.15. The predicted molar refractivity (Wildman–Crippen MR) is 45.6 cm³/mol. The van der Waals surface area contributed by atoms with Gasteiger partial charge in [0.25, 0.3) is 0 Å². The Bertz CT molecular complexity index is 164. The Balaban J connectivity index is 2.35. The third kappa shape index (κ3) is 2.15. The molecule has 0 spiro atoms. The molecule has 0 aromatic heterocycles. The van der Waals surface area contributed by atoms with Crippen molar-refractivity contribution in [2.24, 2.45) is 5.92 Å². The molecule has 4 heteroatoms. The van der Waals surface area contributed by atoms with E-state index >= 15 is 0 Å². The van der Waals surface area contributed by atoms with Gasteiger partial charge in [-0.25, -0.2) is 0 Å². The first-order valence-electron chi connectivity index (χ1n) is 3.66. The predicted octanol–water partition coefficient (Wildman–Crippen LogP) is 0.740. The van der Waals surface area contributed by atoms with E-state index in [2.05, 4.69) is 0 Å². The Morgan fingerprint density at radius 1 is 1.55 bits per heavy atom. The summed E-state index contributed by atoms with van der Waals surface area (Å²) >= 11 is 4.73. The summed E-state index contributed by atoms with van der Waals surface area (Å²) in [5.41, 5.74) is 1.61. The van der Waals surface area contributed by atoms with E-state index in [1.165, 1.54) is 0 Å². The number of aliphatic carboxylic acids is 1. The second kappa shape index (κ2) is 3.67. The minimum Gasteiger partial charge on any atom is -0.481 e. The fourth-order valence-electron chi connectivity index (χ4n) is 1.25. The van der Waals surface area contributed by atoms with Crippen LogP contribution in [0.25, 0.3) is 0 Å². The number of likely N-dealkylation sites (tertiary alicyclic amines) is 1. The van der Waals surface area contributed by atoms with Gasteiger partial charge in [0, 0.05) is 13.1 Å². The molecule has 0 unspecified atom stereocenters. The quantitative estimate of drug-likeness (QED) is 0.625. The molecular weight excluding hydrogens is 162 g/mol. The second-order valence-electron chi connectivity index (χ2n) is 2.75. The van der Waals surface area contributed by atoms with Crippen LogP contribution in [0.3, 0.4) is 0 Å². The molecule has 0 aliphatic carbocycles. The lowest BCUT2D eigenvalue weighted by atomic mass is 9.98. The lowest BCUT2D eigenvalue weighted by Crippen LogP contribution is -2.34. The van der Waals surface area contributed by atoms with Gasteiger partial charge in [0.05, 0.1) is 11.4 Å². The number of thiocarbonyl (C=S) groups is 1. The third-order valence-electron chi connectivity index (χ3n) is 2.03. The Morgan fingerprint density at radius 2 is 2.09 bits per heavy atom. The Labute approximate surface area is 71.0 Å². The zero-order chi connectivity index (χ0) is 8.27. The Kier molecular flexibility index (Phi) is 2.82. The standard InChI is InChI=1S/C7H11NO2S/c9-7(10)6-1-3-8(5-11)4-2-6/h5-6H,1-4H2,(H,9,10).